The van der Waals surface area contributed by atoms with Crippen LogP contribution in [0.4, 0.5) is 17.6 Å². The third kappa shape index (κ3) is 3.65. The number of aromatic nitrogens is 1. The Balaban J connectivity index is 1.69. The normalized spacial score (nSPS) is 22.7. The summed E-state index contributed by atoms with van der Waals surface area (Å²) >= 11 is 5.80. The minimum atomic E-state index is -4.65. The Morgan fingerprint density at radius 1 is 1.32 bits per heavy atom. The summed E-state index contributed by atoms with van der Waals surface area (Å²) in [6, 6.07) is 5.48. The lowest BCUT2D eigenvalue weighted by Crippen LogP contribution is -2.55. The van der Waals surface area contributed by atoms with Crippen molar-refractivity contribution < 1.29 is 26.0 Å². The maximum Gasteiger partial charge on any atom is 0.417 e. The summed E-state index contributed by atoms with van der Waals surface area (Å²) in [6.07, 6.45) is -2.72. The summed E-state index contributed by atoms with van der Waals surface area (Å²) in [7, 11) is -2.34. The van der Waals surface area contributed by atoms with Gasteiger partial charge in [-0.15, -0.1) is 0 Å². The summed E-state index contributed by atoms with van der Waals surface area (Å²) in [4.78, 5) is 7.85. The highest BCUT2D eigenvalue weighted by Gasteiger charge is 2.50. The third-order valence-corrected chi connectivity index (χ3v) is 7.45. The zero-order chi connectivity index (χ0) is 22.8. The average Bonchev–Trinajstić information content (AvgIpc) is 2.65. The quantitative estimate of drug-likeness (QED) is 0.674. The van der Waals surface area contributed by atoms with Crippen LogP contribution in [0.3, 0.4) is 0 Å². The van der Waals surface area contributed by atoms with Crippen LogP contribution in [0.2, 0.25) is 5.02 Å². The van der Waals surface area contributed by atoms with Gasteiger partial charge in [0, 0.05) is 19.7 Å². The lowest BCUT2D eigenvalue weighted by atomic mass is 9.71. The number of nitrogens with zero attached hydrogens (tertiary/aromatic N) is 3. The van der Waals surface area contributed by atoms with Crippen LogP contribution in [0.15, 0.2) is 35.5 Å². The van der Waals surface area contributed by atoms with Gasteiger partial charge in [-0.3, -0.25) is 4.98 Å². The molecule has 6 nitrogen and oxygen atoms in total. The number of guanidine groups is 1. The van der Waals surface area contributed by atoms with Crippen LogP contribution in [0.1, 0.15) is 27.9 Å². The zero-order valence-electron chi connectivity index (χ0n) is 15.9. The average molecular weight is 475 g/mol. The van der Waals surface area contributed by atoms with E-state index in [1.54, 1.807) is 18.2 Å². The van der Waals surface area contributed by atoms with Gasteiger partial charge in [0.15, 0.2) is 5.83 Å². The molecular formula is C19H15ClF4N4O2S. The zero-order valence-corrected chi connectivity index (χ0v) is 17.5. The largest absolute Gasteiger partial charge is 0.417 e. The first-order valence-electron chi connectivity index (χ1n) is 8.88. The van der Waals surface area contributed by atoms with Crippen LogP contribution in [0.5, 0.6) is 0 Å². The van der Waals surface area contributed by atoms with Gasteiger partial charge in [-0.2, -0.15) is 13.2 Å². The molecule has 2 aliphatic rings. The van der Waals surface area contributed by atoms with Gasteiger partial charge in [0.1, 0.15) is 11.2 Å². The number of fused-ring (bicyclic) bond motifs is 2. The molecule has 2 heterocycles. The summed E-state index contributed by atoms with van der Waals surface area (Å²) in [5, 5.41) is -0.484. The Kier molecular flexibility index (Phi) is 4.82. The Morgan fingerprint density at radius 2 is 2.03 bits per heavy atom. The summed E-state index contributed by atoms with van der Waals surface area (Å²) < 4.78 is 78.6. The molecule has 164 valence electrons. The van der Waals surface area contributed by atoms with Crippen molar-refractivity contribution in [1.29, 1.82) is 0 Å². The first kappa shape index (κ1) is 21.6. The van der Waals surface area contributed by atoms with Crippen LogP contribution in [-0.4, -0.2) is 36.5 Å². The molecule has 1 aromatic carbocycles. The van der Waals surface area contributed by atoms with Gasteiger partial charge in [0.25, 0.3) is 0 Å². The Morgan fingerprint density at radius 3 is 2.65 bits per heavy atom. The molecule has 4 rings (SSSR count). The standard InChI is InChI=1S/C19H15ClF4N4O2S/c1-28-17(25)27-18(9-31(28,29)30)7-11-3-2-10(4-13(11)18)5-15(21)16-14(20)6-12(8-26-16)19(22,23)24/h2-6,8H,7,9H2,1H3,(H2,25,27)/b15-5-/t18-/m0/s1. The second kappa shape index (κ2) is 6.92. The summed E-state index contributed by atoms with van der Waals surface area (Å²) in [5.41, 5.74) is 4.99. The van der Waals surface area contributed by atoms with Crippen molar-refractivity contribution in [3.05, 3.63) is 63.4 Å². The highest BCUT2D eigenvalue weighted by atomic mass is 35.5. The number of benzene rings is 1. The molecule has 0 fully saturated rings. The van der Waals surface area contributed by atoms with E-state index in [1.807, 2.05) is 0 Å². The van der Waals surface area contributed by atoms with Gasteiger partial charge < -0.3 is 5.73 Å². The molecule has 2 N–H and O–H groups in total. The fraction of sp³-hybridized carbons (Fsp3) is 0.263. The van der Waals surface area contributed by atoms with Crippen molar-refractivity contribution >= 4 is 39.5 Å². The number of halogens is 5. The lowest BCUT2D eigenvalue weighted by molar-refractivity contribution is -0.137. The fourth-order valence-electron chi connectivity index (χ4n) is 3.65. The monoisotopic (exact) mass is 474 g/mol. The first-order chi connectivity index (χ1) is 14.3. The molecule has 1 aliphatic heterocycles. The van der Waals surface area contributed by atoms with Crippen molar-refractivity contribution in [3.8, 4) is 0 Å². The number of rotatable bonds is 2. The van der Waals surface area contributed by atoms with E-state index in [0.717, 1.165) is 15.9 Å². The van der Waals surface area contributed by atoms with Gasteiger partial charge in [0.2, 0.25) is 16.0 Å². The highest BCUT2D eigenvalue weighted by molar-refractivity contribution is 7.89. The topological polar surface area (TPSA) is 88.7 Å². The molecule has 0 amide bonds. The minimum absolute atomic E-state index is 0.134. The van der Waals surface area contributed by atoms with E-state index in [-0.39, 0.29) is 11.7 Å². The van der Waals surface area contributed by atoms with Crippen LogP contribution in [0.25, 0.3) is 11.9 Å². The van der Waals surface area contributed by atoms with Crippen molar-refractivity contribution in [2.24, 2.45) is 10.7 Å². The molecule has 31 heavy (non-hydrogen) atoms. The van der Waals surface area contributed by atoms with E-state index in [1.165, 1.54) is 7.05 Å². The molecule has 1 atom stereocenters. The predicted molar refractivity (Wildman–Crippen MR) is 108 cm³/mol. The maximum absolute atomic E-state index is 14.7. The molecule has 1 aromatic heterocycles. The minimum Gasteiger partial charge on any atom is -0.369 e. The molecule has 1 spiro atoms. The van der Waals surface area contributed by atoms with Gasteiger partial charge in [0.05, 0.1) is 16.3 Å². The second-order valence-corrected chi connectivity index (χ2v) is 9.77. The number of sulfonamides is 1. The number of aliphatic imine (C=N–C) groups is 1. The van der Waals surface area contributed by atoms with E-state index < -0.39 is 43.8 Å². The summed E-state index contributed by atoms with van der Waals surface area (Å²) in [6.45, 7) is 0. The number of pyridine rings is 1. The maximum atomic E-state index is 14.7. The van der Waals surface area contributed by atoms with E-state index in [0.29, 0.717) is 29.8 Å². The Bertz CT molecular complexity index is 1260. The van der Waals surface area contributed by atoms with Gasteiger partial charge >= 0.3 is 6.18 Å². The van der Waals surface area contributed by atoms with E-state index in [9.17, 15) is 26.0 Å². The molecule has 0 bridgehead atoms. The Labute approximate surface area is 180 Å². The lowest BCUT2D eigenvalue weighted by Gasteiger charge is -2.44. The second-order valence-electron chi connectivity index (χ2n) is 7.36. The number of nitrogens with two attached hydrogens (primary N) is 1. The van der Waals surface area contributed by atoms with Crippen molar-refractivity contribution in [2.75, 3.05) is 12.8 Å². The number of hydrogen-bond acceptors (Lipinski definition) is 5. The van der Waals surface area contributed by atoms with Crippen LogP contribution in [0, 0.1) is 0 Å². The van der Waals surface area contributed by atoms with E-state index >= 15 is 0 Å². The highest BCUT2D eigenvalue weighted by Crippen LogP contribution is 2.46. The predicted octanol–water partition coefficient (Wildman–Crippen LogP) is 3.56. The number of alkyl halides is 3. The SMILES string of the molecule is CN1C(N)=N[C@@]2(Cc3ccc(/C=C(\F)c4ncc(C(F)(F)F)cc4Cl)cc32)CS1(=O)=O. The molecule has 12 heteroatoms. The molecule has 2 aromatic rings. The third-order valence-electron chi connectivity index (χ3n) is 5.30. The van der Waals surface area contributed by atoms with Crippen LogP contribution in [-0.2, 0) is 28.2 Å². The van der Waals surface area contributed by atoms with E-state index in [4.69, 9.17) is 17.3 Å². The van der Waals surface area contributed by atoms with Crippen LogP contribution < -0.4 is 5.73 Å². The smallest absolute Gasteiger partial charge is 0.369 e. The Hall–Kier alpha value is -2.66. The molecular weight excluding hydrogens is 460 g/mol. The van der Waals surface area contributed by atoms with Gasteiger partial charge in [-0.1, -0.05) is 23.7 Å². The van der Waals surface area contributed by atoms with Crippen molar-refractivity contribution in [2.45, 2.75) is 18.1 Å². The molecule has 0 radical (unpaired) electrons. The molecule has 0 saturated carbocycles. The van der Waals surface area contributed by atoms with E-state index in [2.05, 4.69) is 9.98 Å². The van der Waals surface area contributed by atoms with Gasteiger partial charge in [-0.25, -0.2) is 22.1 Å². The summed E-state index contributed by atoms with van der Waals surface area (Å²) in [5.74, 6) is -1.34. The molecule has 0 unspecified atom stereocenters. The first-order valence-corrected chi connectivity index (χ1v) is 10.9. The number of hydrogen-bond donors (Lipinski definition) is 1. The molecule has 1 aliphatic carbocycles. The van der Waals surface area contributed by atoms with Crippen molar-refractivity contribution in [3.63, 3.8) is 0 Å². The van der Waals surface area contributed by atoms with Gasteiger partial charge in [-0.05, 0) is 34.9 Å². The van der Waals surface area contributed by atoms with Crippen molar-refractivity contribution in [1.82, 2.24) is 9.29 Å². The van der Waals surface area contributed by atoms with Crippen LogP contribution >= 0.6 is 11.6 Å². The molecule has 0 saturated heterocycles. The fourth-order valence-corrected chi connectivity index (χ4v) is 5.35.